The maximum Gasteiger partial charge on any atom is 0.322 e. The second-order valence-electron chi connectivity index (χ2n) is 7.80. The number of aromatic nitrogens is 1. The summed E-state index contributed by atoms with van der Waals surface area (Å²) in [6.07, 6.45) is 5.45. The molecule has 1 aromatic heterocycles. The predicted molar refractivity (Wildman–Crippen MR) is 114 cm³/mol. The van der Waals surface area contributed by atoms with Gasteiger partial charge < -0.3 is 20.1 Å². The lowest BCUT2D eigenvalue weighted by atomic mass is 10.1. The summed E-state index contributed by atoms with van der Waals surface area (Å²) in [7, 11) is 0. The Bertz CT molecular complexity index is 1090. The van der Waals surface area contributed by atoms with Crippen molar-refractivity contribution in [3.63, 3.8) is 0 Å². The van der Waals surface area contributed by atoms with Crippen LogP contribution in [0, 0.1) is 5.82 Å². The highest BCUT2D eigenvalue weighted by atomic mass is 35.5. The van der Waals surface area contributed by atoms with Crippen molar-refractivity contribution >= 4 is 39.9 Å². The number of hydrogen-bond acceptors (Lipinski definition) is 2. The smallest absolute Gasteiger partial charge is 0.322 e. The van der Waals surface area contributed by atoms with Gasteiger partial charge in [-0.2, -0.15) is 0 Å². The number of piperidine rings is 1. The van der Waals surface area contributed by atoms with Gasteiger partial charge in [-0.15, -0.1) is 0 Å². The van der Waals surface area contributed by atoms with Crippen molar-refractivity contribution in [2.75, 3.05) is 23.3 Å². The number of H-pyrrole nitrogens is 1. The first-order valence-corrected chi connectivity index (χ1v) is 10.3. The number of halogens is 2. The van der Waals surface area contributed by atoms with Gasteiger partial charge in [0.05, 0.1) is 16.2 Å². The van der Waals surface area contributed by atoms with Gasteiger partial charge in [-0.1, -0.05) is 17.7 Å². The molecule has 3 aromatic rings. The molecule has 29 heavy (non-hydrogen) atoms. The van der Waals surface area contributed by atoms with Gasteiger partial charge in [-0.25, -0.2) is 9.18 Å². The molecule has 0 saturated carbocycles. The maximum absolute atomic E-state index is 13.6. The third-order valence-corrected chi connectivity index (χ3v) is 6.17. The Hall–Kier alpha value is -2.73. The molecular weight excluding hydrogens is 391 g/mol. The summed E-state index contributed by atoms with van der Waals surface area (Å²) in [5, 5.41) is 3.65. The summed E-state index contributed by atoms with van der Waals surface area (Å²) in [6, 6.07) is 9.22. The number of carbonyl (C=O) groups excluding carboxylic acids is 1. The zero-order valence-electron chi connectivity index (χ0n) is 16.0. The van der Waals surface area contributed by atoms with E-state index in [0.29, 0.717) is 29.7 Å². The van der Waals surface area contributed by atoms with E-state index in [9.17, 15) is 9.18 Å². The molecule has 3 heterocycles. The Balaban J connectivity index is 1.31. The van der Waals surface area contributed by atoms with E-state index in [0.717, 1.165) is 13.1 Å². The van der Waals surface area contributed by atoms with E-state index in [1.165, 1.54) is 48.2 Å². The molecule has 0 atom stereocenters. The average molecular weight is 413 g/mol. The molecule has 0 aliphatic carbocycles. The lowest BCUT2D eigenvalue weighted by Crippen LogP contribution is -2.30. The largest absolute Gasteiger partial charge is 0.372 e. The number of aromatic amines is 1. The van der Waals surface area contributed by atoms with E-state index < -0.39 is 5.82 Å². The van der Waals surface area contributed by atoms with E-state index in [2.05, 4.69) is 33.4 Å². The molecule has 5 rings (SSSR count). The molecular formula is C22H22ClFN4O. The van der Waals surface area contributed by atoms with Gasteiger partial charge in [0.15, 0.2) is 0 Å². The van der Waals surface area contributed by atoms with Crippen LogP contribution in [-0.2, 0) is 13.1 Å². The number of nitrogens with zero attached hydrogens (tertiary/aromatic N) is 2. The van der Waals surface area contributed by atoms with E-state index in [1.54, 1.807) is 11.1 Å². The monoisotopic (exact) mass is 412 g/mol. The molecule has 2 aromatic carbocycles. The van der Waals surface area contributed by atoms with Gasteiger partial charge in [0.25, 0.3) is 0 Å². The zero-order valence-corrected chi connectivity index (χ0v) is 16.7. The fourth-order valence-electron chi connectivity index (χ4n) is 4.29. The highest BCUT2D eigenvalue weighted by molar-refractivity contribution is 6.31. The first-order valence-electron chi connectivity index (χ1n) is 9.97. The van der Waals surface area contributed by atoms with Crippen LogP contribution in [-0.4, -0.2) is 29.0 Å². The number of urea groups is 1. The van der Waals surface area contributed by atoms with E-state index in [-0.39, 0.29) is 11.1 Å². The number of benzene rings is 2. The molecule has 1 saturated heterocycles. The average Bonchev–Trinajstić information content (AvgIpc) is 3.33. The van der Waals surface area contributed by atoms with Crippen LogP contribution < -0.4 is 10.2 Å². The zero-order chi connectivity index (χ0) is 20.0. The Labute approximate surface area is 173 Å². The SMILES string of the molecule is O=C(Nc1c[nH]c2cc(F)c(Cl)cc12)N1Cc2ccc(N3CCCCC3)cc2C1. The second kappa shape index (κ2) is 7.26. The Kier molecular flexibility index (Phi) is 4.59. The van der Waals surface area contributed by atoms with Crippen LogP contribution in [0.1, 0.15) is 30.4 Å². The molecule has 2 aliphatic heterocycles. The first kappa shape index (κ1) is 18.3. The predicted octanol–water partition coefficient (Wildman–Crippen LogP) is 5.50. The number of anilines is 2. The van der Waals surface area contributed by atoms with Crippen molar-refractivity contribution in [3.8, 4) is 0 Å². The van der Waals surface area contributed by atoms with Crippen LogP contribution in [0.3, 0.4) is 0 Å². The number of fused-ring (bicyclic) bond motifs is 2. The highest BCUT2D eigenvalue weighted by Gasteiger charge is 2.25. The summed E-state index contributed by atoms with van der Waals surface area (Å²) < 4.78 is 13.6. The minimum absolute atomic E-state index is 0.0337. The number of rotatable bonds is 2. The van der Waals surface area contributed by atoms with Crippen LogP contribution in [0.4, 0.5) is 20.6 Å². The first-order chi connectivity index (χ1) is 14.1. The molecule has 1 fully saturated rings. The fourth-order valence-corrected chi connectivity index (χ4v) is 4.45. The molecule has 0 spiro atoms. The van der Waals surface area contributed by atoms with Gasteiger partial charge >= 0.3 is 6.03 Å². The van der Waals surface area contributed by atoms with Gasteiger partial charge in [0.2, 0.25) is 0 Å². The molecule has 2 aliphatic rings. The van der Waals surface area contributed by atoms with Crippen molar-refractivity contribution in [1.82, 2.24) is 9.88 Å². The molecule has 0 unspecified atom stereocenters. The topological polar surface area (TPSA) is 51.4 Å². The Morgan fingerprint density at radius 2 is 1.86 bits per heavy atom. The number of amides is 2. The van der Waals surface area contributed by atoms with Crippen molar-refractivity contribution in [2.45, 2.75) is 32.4 Å². The minimum Gasteiger partial charge on any atom is -0.372 e. The summed E-state index contributed by atoms with van der Waals surface area (Å²) >= 11 is 5.90. The lowest BCUT2D eigenvalue weighted by molar-refractivity contribution is 0.212. The lowest BCUT2D eigenvalue weighted by Gasteiger charge is -2.29. The molecule has 2 N–H and O–H groups in total. The highest BCUT2D eigenvalue weighted by Crippen LogP contribution is 2.31. The molecule has 0 radical (unpaired) electrons. The molecule has 7 heteroatoms. The van der Waals surface area contributed by atoms with Gasteiger partial charge in [0, 0.05) is 43.4 Å². The fraction of sp³-hybridized carbons (Fsp3) is 0.318. The van der Waals surface area contributed by atoms with E-state index in [1.807, 2.05) is 0 Å². The maximum atomic E-state index is 13.6. The summed E-state index contributed by atoms with van der Waals surface area (Å²) in [6.45, 7) is 3.37. The van der Waals surface area contributed by atoms with E-state index >= 15 is 0 Å². The van der Waals surface area contributed by atoms with Gasteiger partial charge in [0.1, 0.15) is 5.82 Å². The number of nitrogens with one attached hydrogen (secondary N) is 2. The summed E-state index contributed by atoms with van der Waals surface area (Å²) in [4.78, 5) is 20.0. The van der Waals surface area contributed by atoms with Crippen molar-refractivity contribution in [2.24, 2.45) is 0 Å². The quantitative estimate of drug-likeness (QED) is 0.584. The minimum atomic E-state index is -0.488. The van der Waals surface area contributed by atoms with Crippen LogP contribution in [0.5, 0.6) is 0 Å². The summed E-state index contributed by atoms with van der Waals surface area (Å²) in [5.41, 5.74) is 4.83. The summed E-state index contributed by atoms with van der Waals surface area (Å²) in [5.74, 6) is -0.488. The molecule has 5 nitrogen and oxygen atoms in total. The van der Waals surface area contributed by atoms with Gasteiger partial charge in [-0.3, -0.25) is 0 Å². The third-order valence-electron chi connectivity index (χ3n) is 5.88. The second-order valence-corrected chi connectivity index (χ2v) is 8.21. The molecule has 150 valence electrons. The Morgan fingerprint density at radius 1 is 1.07 bits per heavy atom. The van der Waals surface area contributed by atoms with E-state index in [4.69, 9.17) is 11.6 Å². The standard InChI is InChI=1S/C22H22ClFN4O/c23-18-9-17-20(10-19(18)24)25-11-21(17)26-22(29)28-12-14-4-5-16(8-15(14)13-28)27-6-2-1-3-7-27/h4-5,8-11,25H,1-3,6-7,12-13H2,(H,26,29). The van der Waals surface area contributed by atoms with Crippen LogP contribution in [0.25, 0.3) is 10.9 Å². The van der Waals surface area contributed by atoms with Crippen LogP contribution in [0.15, 0.2) is 36.5 Å². The molecule has 2 amide bonds. The van der Waals surface area contributed by atoms with Crippen LogP contribution >= 0.6 is 11.6 Å². The third kappa shape index (κ3) is 3.42. The number of carbonyl (C=O) groups is 1. The Morgan fingerprint density at radius 3 is 2.69 bits per heavy atom. The number of hydrogen-bond donors (Lipinski definition) is 2. The van der Waals surface area contributed by atoms with Crippen molar-refractivity contribution in [3.05, 3.63) is 58.5 Å². The van der Waals surface area contributed by atoms with Crippen molar-refractivity contribution in [1.29, 1.82) is 0 Å². The van der Waals surface area contributed by atoms with Crippen molar-refractivity contribution < 1.29 is 9.18 Å². The normalized spacial score (nSPS) is 16.3. The molecule has 0 bridgehead atoms. The van der Waals surface area contributed by atoms with Gasteiger partial charge in [-0.05, 0) is 54.7 Å². The van der Waals surface area contributed by atoms with Crippen LogP contribution in [0.2, 0.25) is 5.02 Å².